The summed E-state index contributed by atoms with van der Waals surface area (Å²) >= 11 is 0. The second-order valence-corrected chi connectivity index (χ2v) is 4.95. The summed E-state index contributed by atoms with van der Waals surface area (Å²) in [4.78, 5) is 0. The molecule has 0 bridgehead atoms. The van der Waals surface area contributed by atoms with Crippen molar-refractivity contribution >= 4 is 0 Å². The third-order valence-corrected chi connectivity index (χ3v) is 3.73. The van der Waals surface area contributed by atoms with Gasteiger partial charge in [0.1, 0.15) is 0 Å². The van der Waals surface area contributed by atoms with Gasteiger partial charge in [-0.1, -0.05) is 12.8 Å². The lowest BCUT2D eigenvalue weighted by molar-refractivity contribution is 0.341. The van der Waals surface area contributed by atoms with Gasteiger partial charge in [-0.25, -0.2) is 0 Å². The van der Waals surface area contributed by atoms with Gasteiger partial charge in [-0.15, -0.1) is 0 Å². The van der Waals surface area contributed by atoms with Gasteiger partial charge in [-0.05, 0) is 44.3 Å². The molecule has 0 atom stereocenters. The average molecular weight is 205 g/mol. The summed E-state index contributed by atoms with van der Waals surface area (Å²) < 4.78 is 2.20. The lowest BCUT2D eigenvalue weighted by atomic mass is 9.98. The van der Waals surface area contributed by atoms with Crippen molar-refractivity contribution in [1.82, 2.24) is 15.1 Å². The average Bonchev–Trinajstić information content (AvgIpc) is 2.82. The molecular formula is C12H19N3. The van der Waals surface area contributed by atoms with Crippen molar-refractivity contribution in [2.75, 3.05) is 13.1 Å². The van der Waals surface area contributed by atoms with Crippen LogP contribution < -0.4 is 5.32 Å². The third kappa shape index (κ3) is 1.93. The van der Waals surface area contributed by atoms with Gasteiger partial charge in [0, 0.05) is 6.20 Å². The maximum absolute atomic E-state index is 4.70. The Balaban J connectivity index is 1.64. The van der Waals surface area contributed by atoms with E-state index in [0.717, 1.165) is 12.3 Å². The first kappa shape index (κ1) is 9.40. The number of nitrogens with one attached hydrogen (secondary N) is 1. The Morgan fingerprint density at radius 3 is 2.80 bits per heavy atom. The fourth-order valence-electron chi connectivity index (χ4n) is 2.65. The van der Waals surface area contributed by atoms with Crippen LogP contribution in [0.2, 0.25) is 0 Å². The van der Waals surface area contributed by atoms with Gasteiger partial charge < -0.3 is 5.32 Å². The van der Waals surface area contributed by atoms with Crippen LogP contribution in [-0.4, -0.2) is 22.9 Å². The van der Waals surface area contributed by atoms with Crippen LogP contribution in [0.3, 0.4) is 0 Å². The minimum atomic E-state index is 0.693. The summed E-state index contributed by atoms with van der Waals surface area (Å²) in [6.07, 6.45) is 8.75. The first-order valence-electron chi connectivity index (χ1n) is 6.16. The lowest BCUT2D eigenvalue weighted by Crippen LogP contribution is -2.43. The van der Waals surface area contributed by atoms with Crippen LogP contribution in [0.25, 0.3) is 0 Å². The zero-order chi connectivity index (χ0) is 10.1. The van der Waals surface area contributed by atoms with Crippen LogP contribution in [0, 0.1) is 5.92 Å². The summed E-state index contributed by atoms with van der Waals surface area (Å²) in [5.74, 6) is 0.830. The predicted molar refractivity (Wildman–Crippen MR) is 59.8 cm³/mol. The fourth-order valence-corrected chi connectivity index (χ4v) is 2.65. The van der Waals surface area contributed by atoms with Crippen molar-refractivity contribution in [1.29, 1.82) is 0 Å². The highest BCUT2D eigenvalue weighted by molar-refractivity contribution is 5.03. The Morgan fingerprint density at radius 2 is 2.13 bits per heavy atom. The number of nitrogens with zero attached hydrogens (tertiary/aromatic N) is 2. The Labute approximate surface area is 90.9 Å². The highest BCUT2D eigenvalue weighted by atomic mass is 15.3. The van der Waals surface area contributed by atoms with Gasteiger partial charge in [0.25, 0.3) is 0 Å². The van der Waals surface area contributed by atoms with Crippen LogP contribution in [0.5, 0.6) is 0 Å². The molecule has 1 aliphatic carbocycles. The van der Waals surface area contributed by atoms with Gasteiger partial charge in [0.2, 0.25) is 0 Å². The molecule has 3 heteroatoms. The molecule has 2 heterocycles. The molecule has 82 valence electrons. The highest BCUT2D eigenvalue weighted by Gasteiger charge is 2.20. The van der Waals surface area contributed by atoms with E-state index < -0.39 is 0 Å². The third-order valence-electron chi connectivity index (χ3n) is 3.73. The minimum Gasteiger partial charge on any atom is -0.316 e. The molecule has 1 saturated heterocycles. The number of rotatable bonds is 3. The van der Waals surface area contributed by atoms with E-state index in [4.69, 9.17) is 5.10 Å². The van der Waals surface area contributed by atoms with E-state index in [2.05, 4.69) is 22.3 Å². The van der Waals surface area contributed by atoms with Crippen LogP contribution in [0.15, 0.2) is 12.3 Å². The van der Waals surface area contributed by atoms with E-state index in [1.807, 2.05) is 0 Å². The van der Waals surface area contributed by atoms with Crippen molar-refractivity contribution in [3.63, 3.8) is 0 Å². The molecule has 1 aliphatic heterocycles. The van der Waals surface area contributed by atoms with Crippen LogP contribution in [0.4, 0.5) is 0 Å². The molecule has 1 aromatic heterocycles. The zero-order valence-electron chi connectivity index (χ0n) is 9.15. The highest BCUT2D eigenvalue weighted by Crippen LogP contribution is 2.28. The van der Waals surface area contributed by atoms with Gasteiger partial charge in [-0.3, -0.25) is 4.68 Å². The van der Waals surface area contributed by atoms with Gasteiger partial charge in [0.15, 0.2) is 0 Å². The molecule has 1 saturated carbocycles. The van der Waals surface area contributed by atoms with Gasteiger partial charge in [0.05, 0.1) is 11.7 Å². The van der Waals surface area contributed by atoms with E-state index in [1.54, 1.807) is 0 Å². The van der Waals surface area contributed by atoms with Crippen molar-refractivity contribution in [3.8, 4) is 0 Å². The van der Waals surface area contributed by atoms with Crippen molar-refractivity contribution in [2.45, 2.75) is 38.1 Å². The lowest BCUT2D eigenvalue weighted by Gasteiger charge is -2.26. The van der Waals surface area contributed by atoms with Gasteiger partial charge in [-0.2, -0.15) is 5.10 Å². The summed E-state index contributed by atoms with van der Waals surface area (Å²) in [6.45, 7) is 2.35. The first-order chi connectivity index (χ1) is 7.42. The smallest absolute Gasteiger partial charge is 0.0628 e. The second-order valence-electron chi connectivity index (χ2n) is 4.95. The van der Waals surface area contributed by atoms with Crippen LogP contribution >= 0.6 is 0 Å². The molecule has 15 heavy (non-hydrogen) atoms. The molecule has 0 amide bonds. The summed E-state index contributed by atoms with van der Waals surface area (Å²) in [5, 5.41) is 8.01. The van der Waals surface area contributed by atoms with Crippen molar-refractivity contribution in [2.24, 2.45) is 5.92 Å². The standard InChI is InChI=1S/C12H19N3/c1-2-4-12(3-1)15-6-5-11(14-15)7-10-8-13-9-10/h5-6,10,12-13H,1-4,7-9H2. The molecule has 3 nitrogen and oxygen atoms in total. The Hall–Kier alpha value is -0.830. The topological polar surface area (TPSA) is 29.9 Å². The summed E-state index contributed by atoms with van der Waals surface area (Å²) in [6, 6.07) is 2.90. The molecule has 2 fully saturated rings. The van der Waals surface area contributed by atoms with E-state index in [-0.39, 0.29) is 0 Å². The largest absolute Gasteiger partial charge is 0.316 e. The van der Waals surface area contributed by atoms with Crippen LogP contribution in [0.1, 0.15) is 37.4 Å². The van der Waals surface area contributed by atoms with E-state index >= 15 is 0 Å². The fraction of sp³-hybridized carbons (Fsp3) is 0.750. The minimum absolute atomic E-state index is 0.693. The molecule has 0 spiro atoms. The molecule has 0 unspecified atom stereocenters. The normalized spacial score (nSPS) is 23.2. The molecule has 3 rings (SSSR count). The SMILES string of the molecule is c1cn(C2CCCC2)nc1CC1CNC1. The molecule has 0 radical (unpaired) electrons. The Morgan fingerprint density at radius 1 is 1.33 bits per heavy atom. The number of hydrogen-bond acceptors (Lipinski definition) is 2. The quantitative estimate of drug-likeness (QED) is 0.815. The van der Waals surface area contributed by atoms with Crippen molar-refractivity contribution in [3.05, 3.63) is 18.0 Å². The van der Waals surface area contributed by atoms with E-state index in [0.29, 0.717) is 6.04 Å². The predicted octanol–water partition coefficient (Wildman–Crippen LogP) is 1.76. The molecule has 1 aromatic rings. The first-order valence-corrected chi connectivity index (χ1v) is 6.16. The second kappa shape index (κ2) is 3.97. The molecular weight excluding hydrogens is 186 g/mol. The molecule has 1 N–H and O–H groups in total. The maximum atomic E-state index is 4.70. The Bertz CT molecular complexity index is 321. The Kier molecular flexibility index (Phi) is 2.49. The maximum Gasteiger partial charge on any atom is 0.0628 e. The summed E-state index contributed by atoms with van der Waals surface area (Å²) in [5.41, 5.74) is 1.29. The van der Waals surface area contributed by atoms with Crippen LogP contribution in [-0.2, 0) is 6.42 Å². The number of hydrogen-bond donors (Lipinski definition) is 1. The number of aromatic nitrogens is 2. The summed E-state index contributed by atoms with van der Waals surface area (Å²) in [7, 11) is 0. The van der Waals surface area contributed by atoms with Gasteiger partial charge >= 0.3 is 0 Å². The molecule has 2 aliphatic rings. The van der Waals surface area contributed by atoms with E-state index in [9.17, 15) is 0 Å². The molecule has 0 aromatic carbocycles. The monoisotopic (exact) mass is 205 g/mol. The van der Waals surface area contributed by atoms with Crippen molar-refractivity contribution < 1.29 is 0 Å². The van der Waals surface area contributed by atoms with E-state index in [1.165, 1.54) is 44.5 Å². The zero-order valence-corrected chi connectivity index (χ0v) is 9.15.